The van der Waals surface area contributed by atoms with E-state index < -0.39 is 0 Å². The lowest BCUT2D eigenvalue weighted by Crippen LogP contribution is -2.36. The average molecular weight is 436 g/mol. The van der Waals surface area contributed by atoms with Crippen molar-refractivity contribution in [2.24, 2.45) is 11.7 Å². The van der Waals surface area contributed by atoms with E-state index in [4.69, 9.17) is 5.73 Å². The highest BCUT2D eigenvalue weighted by Gasteiger charge is 2.46. The minimum atomic E-state index is -0.00256. The van der Waals surface area contributed by atoms with Crippen LogP contribution >= 0.6 is 12.4 Å². The molecule has 0 spiro atoms. The molecule has 1 fully saturated rings. The lowest BCUT2D eigenvalue weighted by Gasteiger charge is -2.23. The van der Waals surface area contributed by atoms with Crippen LogP contribution in [0.4, 0.5) is 5.69 Å². The van der Waals surface area contributed by atoms with Gasteiger partial charge in [-0.3, -0.25) is 9.78 Å². The summed E-state index contributed by atoms with van der Waals surface area (Å²) < 4.78 is 0. The standard InChI is InChI=1S/C26H29N3O.ClH/c1-2-5-19-7-9-20(10-8-19)21-11-13-22(14-12-21)29(17-15-27)26(30)24-18-23(24)25-6-3-4-16-28-25;/h3-4,6-14,16,23-24H,2,5,15,17-18,27H2,1H3;1H/t23-,24-;/m1./s1. The summed E-state index contributed by atoms with van der Waals surface area (Å²) in [7, 11) is 0. The van der Waals surface area contributed by atoms with Crippen molar-refractivity contribution in [3.8, 4) is 11.1 Å². The zero-order valence-corrected chi connectivity index (χ0v) is 18.7. The third-order valence-electron chi connectivity index (χ3n) is 5.80. The molecule has 0 radical (unpaired) electrons. The summed E-state index contributed by atoms with van der Waals surface area (Å²) in [6, 6.07) is 22.9. The summed E-state index contributed by atoms with van der Waals surface area (Å²) in [5.74, 6) is 0.366. The molecule has 1 amide bonds. The highest BCUT2D eigenvalue weighted by Crippen LogP contribution is 2.48. The predicted octanol–water partition coefficient (Wildman–Crippen LogP) is 5.22. The Kier molecular flexibility index (Phi) is 7.83. The van der Waals surface area contributed by atoms with Gasteiger partial charge in [0.15, 0.2) is 0 Å². The number of hydrogen-bond donors (Lipinski definition) is 1. The smallest absolute Gasteiger partial charge is 0.230 e. The maximum Gasteiger partial charge on any atom is 0.230 e. The number of carbonyl (C=O) groups excluding carboxylic acids is 1. The Morgan fingerprint density at radius 1 is 1.03 bits per heavy atom. The van der Waals surface area contributed by atoms with E-state index in [1.807, 2.05) is 35.2 Å². The number of pyridine rings is 1. The van der Waals surface area contributed by atoms with Gasteiger partial charge in [-0.1, -0.05) is 55.8 Å². The molecule has 1 heterocycles. The van der Waals surface area contributed by atoms with Crippen molar-refractivity contribution in [1.82, 2.24) is 4.98 Å². The number of hydrogen-bond acceptors (Lipinski definition) is 3. The molecule has 0 aliphatic heterocycles. The minimum Gasteiger partial charge on any atom is -0.329 e. The summed E-state index contributed by atoms with van der Waals surface area (Å²) in [6.07, 6.45) is 4.91. The Bertz CT molecular complexity index is 974. The lowest BCUT2D eigenvalue weighted by molar-refractivity contribution is -0.119. The van der Waals surface area contributed by atoms with Crippen LogP contribution in [-0.2, 0) is 11.2 Å². The van der Waals surface area contributed by atoms with Gasteiger partial charge < -0.3 is 10.6 Å². The molecule has 4 rings (SSSR count). The average Bonchev–Trinajstić information content (AvgIpc) is 3.60. The molecule has 0 saturated heterocycles. The van der Waals surface area contributed by atoms with Crippen LogP contribution in [0.1, 0.15) is 36.9 Å². The maximum absolute atomic E-state index is 13.2. The summed E-state index contributed by atoms with van der Waals surface area (Å²) in [4.78, 5) is 19.4. The SMILES string of the molecule is CCCc1ccc(-c2ccc(N(CCN)C(=O)[C@@H]3C[C@H]3c3ccccn3)cc2)cc1.Cl. The number of nitrogens with two attached hydrogens (primary N) is 1. The Balaban J connectivity index is 0.00000272. The Morgan fingerprint density at radius 3 is 2.29 bits per heavy atom. The number of aromatic nitrogens is 1. The molecule has 31 heavy (non-hydrogen) atoms. The summed E-state index contributed by atoms with van der Waals surface area (Å²) >= 11 is 0. The molecule has 2 N–H and O–H groups in total. The zero-order chi connectivity index (χ0) is 20.9. The van der Waals surface area contributed by atoms with Crippen molar-refractivity contribution in [3.05, 3.63) is 84.2 Å². The quantitative estimate of drug-likeness (QED) is 0.527. The van der Waals surface area contributed by atoms with Crippen LogP contribution in [0, 0.1) is 5.92 Å². The van der Waals surface area contributed by atoms with Gasteiger partial charge in [0.25, 0.3) is 0 Å². The van der Waals surface area contributed by atoms with Gasteiger partial charge in [-0.05, 0) is 53.8 Å². The van der Waals surface area contributed by atoms with Gasteiger partial charge in [0.05, 0.1) is 0 Å². The van der Waals surface area contributed by atoms with Crippen LogP contribution in [-0.4, -0.2) is 24.0 Å². The second-order valence-corrected chi connectivity index (χ2v) is 7.98. The second kappa shape index (κ2) is 10.6. The van der Waals surface area contributed by atoms with E-state index in [0.717, 1.165) is 36.2 Å². The number of rotatable bonds is 8. The molecule has 0 bridgehead atoms. The molecular formula is C26H30ClN3O. The van der Waals surface area contributed by atoms with Gasteiger partial charge in [0, 0.05) is 42.5 Å². The number of benzene rings is 2. The van der Waals surface area contributed by atoms with Crippen LogP contribution in [0.3, 0.4) is 0 Å². The fraction of sp³-hybridized carbons (Fsp3) is 0.308. The molecule has 4 nitrogen and oxygen atoms in total. The van der Waals surface area contributed by atoms with Crippen molar-refractivity contribution in [3.63, 3.8) is 0 Å². The van der Waals surface area contributed by atoms with Crippen LogP contribution in [0.25, 0.3) is 11.1 Å². The topological polar surface area (TPSA) is 59.2 Å². The number of amides is 1. The van der Waals surface area contributed by atoms with Crippen LogP contribution in [0.2, 0.25) is 0 Å². The fourth-order valence-electron chi connectivity index (χ4n) is 4.07. The first-order valence-electron chi connectivity index (χ1n) is 10.8. The molecule has 0 unspecified atom stereocenters. The van der Waals surface area contributed by atoms with E-state index in [9.17, 15) is 4.79 Å². The predicted molar refractivity (Wildman–Crippen MR) is 130 cm³/mol. The number of anilines is 1. The molecule has 162 valence electrons. The molecule has 1 saturated carbocycles. The molecule has 5 heteroatoms. The molecule has 1 aromatic heterocycles. The van der Waals surface area contributed by atoms with E-state index >= 15 is 0 Å². The van der Waals surface area contributed by atoms with Gasteiger partial charge >= 0.3 is 0 Å². The monoisotopic (exact) mass is 435 g/mol. The van der Waals surface area contributed by atoms with Gasteiger partial charge in [-0.15, -0.1) is 12.4 Å². The third kappa shape index (κ3) is 5.33. The molecular weight excluding hydrogens is 406 g/mol. The fourth-order valence-corrected chi connectivity index (χ4v) is 4.07. The minimum absolute atomic E-state index is 0. The number of halogens is 1. The number of nitrogens with zero attached hydrogens (tertiary/aromatic N) is 2. The Morgan fingerprint density at radius 2 is 1.71 bits per heavy atom. The number of carbonyl (C=O) groups is 1. The summed E-state index contributed by atoms with van der Waals surface area (Å²) in [5.41, 5.74) is 11.4. The zero-order valence-electron chi connectivity index (χ0n) is 17.9. The van der Waals surface area contributed by atoms with Gasteiger partial charge in [-0.25, -0.2) is 0 Å². The van der Waals surface area contributed by atoms with Crippen molar-refractivity contribution in [1.29, 1.82) is 0 Å². The molecule has 1 aliphatic carbocycles. The maximum atomic E-state index is 13.2. The second-order valence-electron chi connectivity index (χ2n) is 7.98. The summed E-state index contributed by atoms with van der Waals surface area (Å²) in [5, 5.41) is 0. The molecule has 2 aromatic carbocycles. The summed E-state index contributed by atoms with van der Waals surface area (Å²) in [6.45, 7) is 3.16. The van der Waals surface area contributed by atoms with E-state index in [1.54, 1.807) is 6.20 Å². The van der Waals surface area contributed by atoms with Crippen molar-refractivity contribution < 1.29 is 4.79 Å². The van der Waals surface area contributed by atoms with E-state index in [1.165, 1.54) is 11.1 Å². The van der Waals surface area contributed by atoms with E-state index in [-0.39, 0.29) is 30.2 Å². The first-order chi connectivity index (χ1) is 14.7. The van der Waals surface area contributed by atoms with E-state index in [2.05, 4.69) is 48.3 Å². The highest BCUT2D eigenvalue weighted by molar-refractivity contribution is 5.97. The van der Waals surface area contributed by atoms with E-state index in [0.29, 0.717) is 13.1 Å². The first-order valence-corrected chi connectivity index (χ1v) is 10.8. The van der Waals surface area contributed by atoms with Crippen molar-refractivity contribution in [2.75, 3.05) is 18.0 Å². The Hall–Kier alpha value is -2.69. The molecule has 2 atom stereocenters. The Labute approximate surface area is 190 Å². The van der Waals surface area contributed by atoms with Gasteiger partial charge in [0.1, 0.15) is 0 Å². The molecule has 1 aliphatic rings. The van der Waals surface area contributed by atoms with Gasteiger partial charge in [-0.2, -0.15) is 0 Å². The largest absolute Gasteiger partial charge is 0.329 e. The van der Waals surface area contributed by atoms with Crippen LogP contribution < -0.4 is 10.6 Å². The van der Waals surface area contributed by atoms with Crippen LogP contribution in [0.15, 0.2) is 72.9 Å². The number of aryl methyl sites for hydroxylation is 1. The highest BCUT2D eigenvalue weighted by atomic mass is 35.5. The van der Waals surface area contributed by atoms with Crippen LogP contribution in [0.5, 0.6) is 0 Å². The van der Waals surface area contributed by atoms with Crippen molar-refractivity contribution in [2.45, 2.75) is 32.1 Å². The lowest BCUT2D eigenvalue weighted by atomic mass is 10.0. The van der Waals surface area contributed by atoms with Crippen molar-refractivity contribution >= 4 is 24.0 Å². The third-order valence-corrected chi connectivity index (χ3v) is 5.80. The first kappa shape index (κ1) is 23.0. The molecule has 3 aromatic rings. The van der Waals surface area contributed by atoms with Gasteiger partial charge in [0.2, 0.25) is 5.91 Å². The normalized spacial score (nSPS) is 17.0.